The number of benzene rings is 2. The molecule has 68 heavy (non-hydrogen) atoms. The van der Waals surface area contributed by atoms with Crippen molar-refractivity contribution in [1.29, 1.82) is 0 Å². The summed E-state index contributed by atoms with van der Waals surface area (Å²) < 4.78 is 0. The van der Waals surface area contributed by atoms with Gasteiger partial charge in [-0.2, -0.15) is 0 Å². The third-order valence-electron chi connectivity index (χ3n) is 9.33. The lowest BCUT2D eigenvalue weighted by Crippen LogP contribution is -2.01. The molecule has 0 atom stereocenters. The van der Waals surface area contributed by atoms with Crippen LogP contribution in [0.15, 0.2) is 48.5 Å². The molecule has 0 saturated heterocycles. The number of aromatic carboxylic acids is 4. The zero-order valence-corrected chi connectivity index (χ0v) is 38.6. The van der Waals surface area contributed by atoms with E-state index in [-0.39, 0.29) is 60.8 Å². The van der Waals surface area contributed by atoms with Crippen molar-refractivity contribution < 1.29 is 99.0 Å². The van der Waals surface area contributed by atoms with E-state index in [0.717, 1.165) is 134 Å². The first-order valence-corrected chi connectivity index (χ1v) is 22.5. The van der Waals surface area contributed by atoms with E-state index >= 15 is 0 Å². The van der Waals surface area contributed by atoms with Crippen molar-refractivity contribution >= 4 is 59.7 Å². The van der Waals surface area contributed by atoms with Gasteiger partial charge >= 0.3 is 59.7 Å². The Morgan fingerprint density at radius 1 is 0.235 bits per heavy atom. The minimum atomic E-state index is -1.13. The Morgan fingerprint density at radius 2 is 0.397 bits per heavy atom. The molecule has 20 nitrogen and oxygen atoms in total. The van der Waals surface area contributed by atoms with E-state index < -0.39 is 59.7 Å². The van der Waals surface area contributed by atoms with Crippen LogP contribution in [0.3, 0.4) is 0 Å². The van der Waals surface area contributed by atoms with Crippen LogP contribution < -0.4 is 0 Å². The van der Waals surface area contributed by atoms with E-state index in [0.29, 0.717) is 0 Å². The average molecular weight is 967 g/mol. The molecule has 0 fully saturated rings. The minimum Gasteiger partial charge on any atom is -0.481 e. The average Bonchev–Trinajstić information content (AvgIpc) is 3.26. The van der Waals surface area contributed by atoms with Crippen molar-refractivity contribution in [1.82, 2.24) is 0 Å². The number of carboxylic acids is 10. The van der Waals surface area contributed by atoms with Crippen LogP contribution in [0.5, 0.6) is 0 Å². The van der Waals surface area contributed by atoms with Crippen LogP contribution in [-0.2, 0) is 28.8 Å². The van der Waals surface area contributed by atoms with Gasteiger partial charge in [-0.25, -0.2) is 19.2 Å². The quantitative estimate of drug-likeness (QED) is 0.0297. The highest BCUT2D eigenvalue weighted by Gasteiger charge is 2.08. The molecule has 2 aromatic carbocycles. The lowest BCUT2D eigenvalue weighted by atomic mass is 10.1. The molecule has 2 aromatic rings. The van der Waals surface area contributed by atoms with Gasteiger partial charge in [-0.05, 0) is 81.0 Å². The van der Waals surface area contributed by atoms with Gasteiger partial charge in [-0.1, -0.05) is 96.0 Å². The third kappa shape index (κ3) is 48.6. The second-order valence-corrected chi connectivity index (χ2v) is 15.3. The number of hydrogen-bond acceptors (Lipinski definition) is 10. The summed E-state index contributed by atoms with van der Waals surface area (Å²) in [6.45, 7) is 0. The summed E-state index contributed by atoms with van der Waals surface area (Å²) in [6.07, 6.45) is 20.2. The first kappa shape index (κ1) is 65.4. The van der Waals surface area contributed by atoms with E-state index in [2.05, 4.69) is 0 Å². The van der Waals surface area contributed by atoms with Crippen LogP contribution in [0.1, 0.15) is 208 Å². The van der Waals surface area contributed by atoms with Gasteiger partial charge in [0.05, 0.1) is 22.3 Å². The summed E-state index contributed by atoms with van der Waals surface area (Å²) >= 11 is 0. The van der Waals surface area contributed by atoms with E-state index in [1.165, 1.54) is 42.5 Å². The van der Waals surface area contributed by atoms with Crippen LogP contribution in [0.4, 0.5) is 0 Å². The van der Waals surface area contributed by atoms with Crippen LogP contribution in [-0.4, -0.2) is 111 Å². The van der Waals surface area contributed by atoms with Gasteiger partial charge in [0.15, 0.2) is 0 Å². The standard InChI is InChI=1S/C12H22O4.2C10H18O4.2C8H6O4/c13-11(14)9-7-5-3-1-2-4-6-8-10-12(15)16;2*11-9(12)7-5-3-1-2-4-6-8-10(13)14;9-7(10)5-1-2-6(4-3-5)8(11)12;9-7(10)5-2-1-3-6(4-5)8(11)12/h1-10H2,(H,13,14)(H,15,16);2*1-8H2,(H,11,12)(H,13,14);2*1-4H,(H,9,10)(H,11,12). The molecule has 20 heteroatoms. The highest BCUT2D eigenvalue weighted by molar-refractivity contribution is 5.93. The number of hydrogen-bond donors (Lipinski definition) is 10. The first-order chi connectivity index (χ1) is 32.1. The van der Waals surface area contributed by atoms with Gasteiger partial charge in [-0.15, -0.1) is 0 Å². The zero-order chi connectivity index (χ0) is 52.1. The van der Waals surface area contributed by atoms with Gasteiger partial charge in [0.1, 0.15) is 0 Å². The normalized spacial score (nSPS) is 9.82. The topological polar surface area (TPSA) is 373 Å². The highest BCUT2D eigenvalue weighted by atomic mass is 16.4. The molecule has 0 aliphatic rings. The molecular formula is C48H70O20. The molecule has 0 aromatic heterocycles. The van der Waals surface area contributed by atoms with E-state index in [1.54, 1.807) is 0 Å². The molecule has 2 rings (SSSR count). The van der Waals surface area contributed by atoms with Crippen molar-refractivity contribution in [2.24, 2.45) is 0 Å². The number of unbranched alkanes of at least 4 members (excludes halogenated alkanes) is 17. The smallest absolute Gasteiger partial charge is 0.335 e. The zero-order valence-electron chi connectivity index (χ0n) is 38.6. The predicted molar refractivity (Wildman–Crippen MR) is 247 cm³/mol. The molecule has 0 spiro atoms. The Bertz CT molecular complexity index is 1620. The van der Waals surface area contributed by atoms with Crippen LogP contribution in [0, 0.1) is 0 Å². The summed E-state index contributed by atoms with van der Waals surface area (Å²) in [5.74, 6) is -8.77. The number of carbonyl (C=O) groups is 10. The fraction of sp³-hybridized carbons (Fsp3) is 0.542. The van der Waals surface area contributed by atoms with Gasteiger partial charge in [-0.3, -0.25) is 28.8 Å². The predicted octanol–water partition coefficient (Wildman–Crippen LogP) is 9.78. The maximum atomic E-state index is 10.4. The summed E-state index contributed by atoms with van der Waals surface area (Å²) in [7, 11) is 0. The van der Waals surface area contributed by atoms with Crippen LogP contribution in [0.2, 0.25) is 0 Å². The fourth-order valence-electron chi connectivity index (χ4n) is 5.67. The largest absolute Gasteiger partial charge is 0.481 e. The lowest BCUT2D eigenvalue weighted by molar-refractivity contribution is -0.138. The molecule has 0 heterocycles. The Kier molecular flexibility index (Phi) is 42.3. The number of carboxylic acid groups (broad SMARTS) is 10. The minimum absolute atomic E-state index is 0.0186. The Labute approximate surface area is 395 Å². The molecular weight excluding hydrogens is 897 g/mol. The molecule has 0 aliphatic heterocycles. The van der Waals surface area contributed by atoms with Crippen LogP contribution >= 0.6 is 0 Å². The maximum absolute atomic E-state index is 10.4. The summed E-state index contributed by atoms with van der Waals surface area (Å²) in [5.41, 5.74) is 0.129. The van der Waals surface area contributed by atoms with Crippen LogP contribution in [0.25, 0.3) is 0 Å². The van der Waals surface area contributed by atoms with Crippen molar-refractivity contribution in [3.05, 3.63) is 70.8 Å². The molecule has 0 amide bonds. The van der Waals surface area contributed by atoms with Crippen molar-refractivity contribution in [3.8, 4) is 0 Å². The molecule has 0 radical (unpaired) electrons. The third-order valence-corrected chi connectivity index (χ3v) is 9.33. The maximum Gasteiger partial charge on any atom is 0.335 e. The molecule has 0 saturated carbocycles. The van der Waals surface area contributed by atoms with Crippen molar-refractivity contribution in [2.75, 3.05) is 0 Å². The Hall–Kier alpha value is -6.86. The van der Waals surface area contributed by atoms with E-state index in [9.17, 15) is 47.9 Å². The number of rotatable bonds is 33. The first-order valence-electron chi connectivity index (χ1n) is 22.5. The molecule has 0 unspecified atom stereocenters. The monoisotopic (exact) mass is 966 g/mol. The number of aliphatic carboxylic acids is 6. The summed E-state index contributed by atoms with van der Waals surface area (Å²) in [5, 5.41) is 84.2. The second kappa shape index (κ2) is 44.0. The van der Waals surface area contributed by atoms with E-state index in [1.807, 2.05) is 0 Å². The molecule has 0 aliphatic carbocycles. The fourth-order valence-corrected chi connectivity index (χ4v) is 5.67. The van der Waals surface area contributed by atoms with Gasteiger partial charge < -0.3 is 51.1 Å². The van der Waals surface area contributed by atoms with Gasteiger partial charge in [0.2, 0.25) is 0 Å². The molecule has 0 bridgehead atoms. The van der Waals surface area contributed by atoms with Gasteiger partial charge in [0, 0.05) is 38.5 Å². The summed E-state index contributed by atoms with van der Waals surface area (Å²) in [6, 6.07) is 10.2. The highest BCUT2D eigenvalue weighted by Crippen LogP contribution is 2.12. The SMILES string of the molecule is O=C(O)CCCCCCCCC(=O)O.O=C(O)CCCCCCCCC(=O)O.O=C(O)CCCCCCCCCCC(=O)O.O=C(O)c1ccc(C(=O)O)cc1.O=C(O)c1cccc(C(=O)O)c1. The summed E-state index contributed by atoms with van der Waals surface area (Å²) in [4.78, 5) is 102. The van der Waals surface area contributed by atoms with Gasteiger partial charge in [0.25, 0.3) is 0 Å². The molecule has 382 valence electrons. The lowest BCUT2D eigenvalue weighted by Gasteiger charge is -2.00. The Balaban J connectivity index is -0.000000779. The molecule has 10 N–H and O–H groups in total. The second-order valence-electron chi connectivity index (χ2n) is 15.3. The van der Waals surface area contributed by atoms with Crippen molar-refractivity contribution in [3.63, 3.8) is 0 Å². The van der Waals surface area contributed by atoms with Crippen molar-refractivity contribution in [2.45, 2.75) is 167 Å². The Morgan fingerprint density at radius 3 is 0.544 bits per heavy atom. The van der Waals surface area contributed by atoms with E-state index in [4.69, 9.17) is 51.1 Å².